The third kappa shape index (κ3) is 5.45. The van der Waals surface area contributed by atoms with Gasteiger partial charge in [-0.05, 0) is 71.0 Å². The minimum Gasteiger partial charge on any atom is -0.478 e. The van der Waals surface area contributed by atoms with Crippen molar-refractivity contribution in [2.45, 2.75) is 83.4 Å². The van der Waals surface area contributed by atoms with Crippen molar-refractivity contribution in [1.82, 2.24) is 9.80 Å². The van der Waals surface area contributed by atoms with Crippen LogP contribution in [0.3, 0.4) is 0 Å². The second-order valence-electron chi connectivity index (χ2n) is 10.2. The van der Waals surface area contributed by atoms with E-state index in [0.717, 1.165) is 56.8 Å². The van der Waals surface area contributed by atoms with Gasteiger partial charge in [-0.15, -0.1) is 0 Å². The van der Waals surface area contributed by atoms with Crippen molar-refractivity contribution in [3.8, 4) is 5.75 Å². The summed E-state index contributed by atoms with van der Waals surface area (Å²) < 4.78 is 6.24. The third-order valence-corrected chi connectivity index (χ3v) is 7.82. The number of likely N-dealkylation sites (tertiary alicyclic amines) is 2. The molecule has 4 rings (SSSR count). The highest BCUT2D eigenvalue weighted by Crippen LogP contribution is 2.37. The van der Waals surface area contributed by atoms with Gasteiger partial charge in [0.25, 0.3) is 5.91 Å². The second kappa shape index (κ2) is 10.8. The van der Waals surface area contributed by atoms with E-state index in [1.54, 1.807) is 0 Å². The quantitative estimate of drug-likeness (QED) is 0.371. The number of benzene rings is 1. The molecule has 33 heavy (non-hydrogen) atoms. The first-order valence-corrected chi connectivity index (χ1v) is 12.9. The van der Waals surface area contributed by atoms with E-state index in [9.17, 15) is 4.79 Å². The number of hydrogen-bond donors (Lipinski definition) is 2. The Morgan fingerprint density at radius 2 is 1.79 bits per heavy atom. The molecule has 7 nitrogen and oxygen atoms in total. The van der Waals surface area contributed by atoms with Gasteiger partial charge in [-0.2, -0.15) is 0 Å². The molecule has 3 aliphatic heterocycles. The highest BCUT2D eigenvalue weighted by atomic mass is 16.5. The van der Waals surface area contributed by atoms with Crippen molar-refractivity contribution in [1.29, 1.82) is 5.41 Å². The first kappa shape index (κ1) is 23.9. The number of rotatable bonds is 7. The van der Waals surface area contributed by atoms with E-state index in [4.69, 9.17) is 15.9 Å². The molecule has 1 aromatic carbocycles. The van der Waals surface area contributed by atoms with E-state index in [-0.39, 0.29) is 17.8 Å². The average Bonchev–Trinajstić information content (AvgIpc) is 2.81. The van der Waals surface area contributed by atoms with Crippen molar-refractivity contribution < 1.29 is 9.53 Å². The summed E-state index contributed by atoms with van der Waals surface area (Å²) in [5, 5.41) is 7.79. The van der Waals surface area contributed by atoms with Crippen molar-refractivity contribution in [2.75, 3.05) is 31.1 Å². The van der Waals surface area contributed by atoms with E-state index in [0.29, 0.717) is 18.6 Å². The fraction of sp³-hybridized carbons (Fsp3) is 0.692. The summed E-state index contributed by atoms with van der Waals surface area (Å²) in [5.74, 6) is 0.978. The van der Waals surface area contributed by atoms with Crippen LogP contribution in [-0.2, 0) is 4.79 Å². The number of carbonyl (C=O) groups is 1. The second-order valence-corrected chi connectivity index (χ2v) is 10.2. The van der Waals surface area contributed by atoms with Crippen molar-refractivity contribution in [3.05, 3.63) is 24.3 Å². The molecule has 4 atom stereocenters. The van der Waals surface area contributed by atoms with Gasteiger partial charge in [0.2, 0.25) is 0 Å². The number of piperidine rings is 2. The van der Waals surface area contributed by atoms with Gasteiger partial charge in [0.15, 0.2) is 12.1 Å². The topological polar surface area (TPSA) is 85.9 Å². The van der Waals surface area contributed by atoms with Crippen LogP contribution in [0.15, 0.2) is 24.3 Å². The lowest BCUT2D eigenvalue weighted by molar-refractivity contribution is -0.129. The van der Waals surface area contributed by atoms with E-state index in [1.165, 1.54) is 25.7 Å². The monoisotopic (exact) mass is 455 g/mol. The Hall–Kier alpha value is -2.28. The van der Waals surface area contributed by atoms with Gasteiger partial charge in [-0.1, -0.05) is 25.0 Å². The summed E-state index contributed by atoms with van der Waals surface area (Å²) in [6.45, 7) is 7.98. The average molecular weight is 456 g/mol. The van der Waals surface area contributed by atoms with Crippen LogP contribution >= 0.6 is 0 Å². The lowest BCUT2D eigenvalue weighted by atomic mass is 9.90. The number of para-hydroxylation sites is 2. The molecule has 182 valence electrons. The van der Waals surface area contributed by atoms with Gasteiger partial charge >= 0.3 is 0 Å². The highest BCUT2D eigenvalue weighted by Gasteiger charge is 2.41. The van der Waals surface area contributed by atoms with Gasteiger partial charge in [0.05, 0.1) is 5.69 Å². The molecule has 0 aliphatic carbocycles. The Labute approximate surface area is 198 Å². The predicted molar refractivity (Wildman–Crippen MR) is 133 cm³/mol. The molecule has 1 aromatic rings. The summed E-state index contributed by atoms with van der Waals surface area (Å²) in [7, 11) is 0. The van der Waals surface area contributed by atoms with Crippen LogP contribution in [0.25, 0.3) is 0 Å². The maximum atomic E-state index is 13.6. The number of nitrogens with two attached hydrogens (primary N) is 1. The summed E-state index contributed by atoms with van der Waals surface area (Å²) in [6.07, 6.45) is 8.60. The molecule has 7 heteroatoms. The zero-order valence-corrected chi connectivity index (χ0v) is 20.3. The summed E-state index contributed by atoms with van der Waals surface area (Å²) >= 11 is 0. The number of hydrogen-bond acceptors (Lipinski definition) is 4. The molecule has 0 spiro atoms. The first-order chi connectivity index (χ1) is 16.0. The number of ether oxygens (including phenoxy) is 1. The zero-order valence-electron chi connectivity index (χ0n) is 20.3. The van der Waals surface area contributed by atoms with Gasteiger partial charge < -0.3 is 20.3 Å². The molecule has 4 unspecified atom stereocenters. The number of amides is 1. The maximum Gasteiger partial charge on any atom is 0.268 e. The molecule has 0 saturated carbocycles. The zero-order chi connectivity index (χ0) is 23.4. The van der Waals surface area contributed by atoms with Crippen LogP contribution in [0.2, 0.25) is 0 Å². The third-order valence-electron chi connectivity index (χ3n) is 7.82. The lowest BCUT2D eigenvalue weighted by Gasteiger charge is -2.41. The molecule has 2 fully saturated rings. The summed E-state index contributed by atoms with van der Waals surface area (Å²) in [5.41, 5.74) is 6.62. The maximum absolute atomic E-state index is 13.6. The van der Waals surface area contributed by atoms with Crippen LogP contribution in [0.1, 0.15) is 65.2 Å². The summed E-state index contributed by atoms with van der Waals surface area (Å²) in [4.78, 5) is 20.0. The van der Waals surface area contributed by atoms with E-state index in [1.807, 2.05) is 34.1 Å². The predicted octanol–water partition coefficient (Wildman–Crippen LogP) is 3.82. The number of carbonyl (C=O) groups excluding carboxylic acids is 1. The molecule has 3 aliphatic rings. The van der Waals surface area contributed by atoms with E-state index >= 15 is 0 Å². The van der Waals surface area contributed by atoms with Crippen LogP contribution in [0.5, 0.6) is 5.75 Å². The smallest absolute Gasteiger partial charge is 0.268 e. The highest BCUT2D eigenvalue weighted by molar-refractivity contribution is 6.00. The van der Waals surface area contributed by atoms with Crippen LogP contribution in [0, 0.1) is 11.3 Å². The van der Waals surface area contributed by atoms with Crippen molar-refractivity contribution >= 4 is 17.6 Å². The van der Waals surface area contributed by atoms with Gasteiger partial charge in [0.1, 0.15) is 5.75 Å². The van der Waals surface area contributed by atoms with Crippen LogP contribution in [-0.4, -0.2) is 66.0 Å². The molecule has 0 bridgehead atoms. The Balaban J connectivity index is 1.36. The number of nitrogens with zero attached hydrogens (tertiary/aromatic N) is 3. The lowest BCUT2D eigenvalue weighted by Crippen LogP contribution is -2.54. The van der Waals surface area contributed by atoms with Crippen LogP contribution < -0.4 is 15.4 Å². The SMILES string of the molecule is CC1CCCC(C)N1CCCCCN1C(=O)C(C2CCCN(C(=N)N)C2)Oc2ccccc21. The van der Waals surface area contributed by atoms with Crippen molar-refractivity contribution in [3.63, 3.8) is 0 Å². The molecular formula is C26H41N5O2. The Morgan fingerprint density at radius 3 is 2.55 bits per heavy atom. The summed E-state index contributed by atoms with van der Waals surface area (Å²) in [6, 6.07) is 9.27. The Morgan fingerprint density at radius 1 is 1.06 bits per heavy atom. The molecule has 0 radical (unpaired) electrons. The number of fused-ring (bicyclic) bond motifs is 1. The molecule has 0 aromatic heterocycles. The molecule has 2 saturated heterocycles. The standard InChI is InChI=1S/C26H41N5O2/c1-19-10-8-11-20(2)30(19)16-6-3-7-17-31-22-13-4-5-14-23(22)33-24(25(31)32)21-12-9-15-29(18-21)26(27)28/h4-5,13-14,19-21,24H,3,6-12,15-18H2,1-2H3,(H3,27,28). The molecular weight excluding hydrogens is 414 g/mol. The fourth-order valence-electron chi connectivity index (χ4n) is 5.90. The van der Waals surface area contributed by atoms with Gasteiger partial charge in [0, 0.05) is 37.6 Å². The number of unbranched alkanes of at least 4 members (excludes halogenated alkanes) is 2. The Kier molecular flexibility index (Phi) is 7.78. The van der Waals surface area contributed by atoms with E-state index in [2.05, 4.69) is 18.7 Å². The Bertz CT molecular complexity index is 821. The number of guanidine groups is 1. The number of anilines is 1. The molecule has 3 N–H and O–H groups in total. The van der Waals surface area contributed by atoms with Gasteiger partial charge in [-0.25, -0.2) is 0 Å². The van der Waals surface area contributed by atoms with Crippen LogP contribution in [0.4, 0.5) is 5.69 Å². The molecule has 1 amide bonds. The largest absolute Gasteiger partial charge is 0.478 e. The van der Waals surface area contributed by atoms with Gasteiger partial charge in [-0.3, -0.25) is 15.1 Å². The normalized spacial score (nSPS) is 28.4. The first-order valence-electron chi connectivity index (χ1n) is 12.9. The minimum absolute atomic E-state index is 0.0492. The molecule has 3 heterocycles. The number of nitrogens with one attached hydrogen (secondary N) is 1. The fourth-order valence-corrected chi connectivity index (χ4v) is 5.90. The van der Waals surface area contributed by atoms with Crippen molar-refractivity contribution in [2.24, 2.45) is 11.7 Å². The van der Waals surface area contributed by atoms with E-state index < -0.39 is 6.10 Å². The minimum atomic E-state index is -0.503.